The lowest BCUT2D eigenvalue weighted by Gasteiger charge is -2.23. The van der Waals surface area contributed by atoms with Crippen molar-refractivity contribution in [2.75, 3.05) is 13.7 Å². The van der Waals surface area contributed by atoms with E-state index in [2.05, 4.69) is 29.2 Å². The van der Waals surface area contributed by atoms with Crippen molar-refractivity contribution in [3.8, 4) is 22.2 Å². The number of rotatable bonds is 8. The van der Waals surface area contributed by atoms with Gasteiger partial charge in [0.25, 0.3) is 5.91 Å². The smallest absolute Gasteiger partial charge is 0.259 e. The maximum absolute atomic E-state index is 14.2. The molecular weight excluding hydrogens is 703 g/mol. The van der Waals surface area contributed by atoms with E-state index in [9.17, 15) is 22.8 Å². The Morgan fingerprint density at radius 3 is 2.54 bits per heavy atom. The van der Waals surface area contributed by atoms with Gasteiger partial charge < -0.3 is 20.1 Å². The van der Waals surface area contributed by atoms with E-state index >= 15 is 0 Å². The molecule has 1 unspecified atom stereocenters. The second-order valence-corrected chi connectivity index (χ2v) is 17.8. The number of aromatic nitrogens is 2. The molecule has 12 nitrogen and oxygen atoms in total. The number of fused-ring (bicyclic) bond motifs is 3. The molecule has 3 aromatic rings. The second kappa shape index (κ2) is 14.4. The van der Waals surface area contributed by atoms with E-state index in [1.807, 2.05) is 42.7 Å². The number of hydrogen-bond donors (Lipinski definition) is 3. The molecule has 52 heavy (non-hydrogen) atoms. The lowest BCUT2D eigenvalue weighted by atomic mass is 9.93. The van der Waals surface area contributed by atoms with E-state index in [-0.39, 0.29) is 37.0 Å². The molecule has 5 atom stereocenters. The van der Waals surface area contributed by atoms with Gasteiger partial charge in [-0.15, -0.1) is 11.3 Å². The number of carbonyl (C=O) groups excluding carboxylic acids is 3. The minimum Gasteiger partial charge on any atom is -0.496 e. The van der Waals surface area contributed by atoms with Crippen molar-refractivity contribution in [3.05, 3.63) is 47.0 Å². The van der Waals surface area contributed by atoms with Crippen molar-refractivity contribution >= 4 is 50.0 Å². The summed E-state index contributed by atoms with van der Waals surface area (Å²) in [4.78, 5) is 51.4. The van der Waals surface area contributed by atoms with Gasteiger partial charge >= 0.3 is 0 Å². The maximum Gasteiger partial charge on any atom is 0.259 e. The zero-order valence-electron chi connectivity index (χ0n) is 30.1. The molecule has 3 heterocycles. The van der Waals surface area contributed by atoms with Crippen LogP contribution in [0.4, 0.5) is 0 Å². The van der Waals surface area contributed by atoms with Crippen molar-refractivity contribution in [2.24, 2.45) is 17.8 Å². The summed E-state index contributed by atoms with van der Waals surface area (Å²) >= 11 is 1.51. The maximum atomic E-state index is 14.2. The molecule has 3 N–H and O–H groups in total. The SMILES string of the molecule is COc1ccc2c(O[C@H]3CC4C(=O)NCCCCC/C=C\[C@@H]5C[C@]5(C(=O)NS(=O)(=O)C5CC5)NC(=O)[C@@H]4C3)cc(-c3nc(C(C)C)cs3)nc2c1C. The van der Waals surface area contributed by atoms with Crippen LogP contribution in [-0.4, -0.2) is 66.7 Å². The number of nitrogens with zero attached hydrogens (tertiary/aromatic N) is 2. The van der Waals surface area contributed by atoms with Gasteiger partial charge in [-0.2, -0.15) is 0 Å². The number of pyridine rings is 1. The molecule has 2 aromatic heterocycles. The van der Waals surface area contributed by atoms with Gasteiger partial charge in [-0.3, -0.25) is 19.1 Å². The minimum atomic E-state index is -3.83. The number of hydrogen-bond acceptors (Lipinski definition) is 10. The molecule has 3 saturated carbocycles. The Hall–Kier alpha value is -4.04. The van der Waals surface area contributed by atoms with Gasteiger partial charge in [0, 0.05) is 34.9 Å². The lowest BCUT2D eigenvalue weighted by Crippen LogP contribution is -2.54. The fourth-order valence-corrected chi connectivity index (χ4v) is 9.77. The van der Waals surface area contributed by atoms with Gasteiger partial charge in [0.2, 0.25) is 21.8 Å². The number of methoxy groups -OCH3 is 1. The Balaban J connectivity index is 1.20. The molecule has 14 heteroatoms. The fraction of sp³-hybridized carbons (Fsp3) is 0.553. The Bertz CT molecular complexity index is 2020. The summed E-state index contributed by atoms with van der Waals surface area (Å²) in [6.07, 6.45) is 8.65. The number of allylic oxidation sites excluding steroid dienone is 1. The largest absolute Gasteiger partial charge is 0.496 e. The van der Waals surface area contributed by atoms with Gasteiger partial charge in [0.05, 0.1) is 35.4 Å². The first-order valence-electron chi connectivity index (χ1n) is 18.3. The number of benzene rings is 1. The number of carbonyl (C=O) groups is 3. The summed E-state index contributed by atoms with van der Waals surface area (Å²) in [6.45, 7) is 6.63. The highest BCUT2D eigenvalue weighted by Crippen LogP contribution is 2.47. The van der Waals surface area contributed by atoms with Crippen LogP contribution in [0.2, 0.25) is 0 Å². The summed E-state index contributed by atoms with van der Waals surface area (Å²) < 4.78 is 40.2. The van der Waals surface area contributed by atoms with Crippen LogP contribution in [0.25, 0.3) is 21.6 Å². The Labute approximate surface area is 308 Å². The van der Waals surface area contributed by atoms with Crippen LogP contribution >= 0.6 is 11.3 Å². The van der Waals surface area contributed by atoms with Gasteiger partial charge in [-0.25, -0.2) is 18.4 Å². The van der Waals surface area contributed by atoms with E-state index in [0.717, 1.165) is 47.3 Å². The summed E-state index contributed by atoms with van der Waals surface area (Å²) in [6, 6.07) is 5.65. The zero-order chi connectivity index (χ0) is 36.8. The quantitative estimate of drug-likeness (QED) is 0.259. The van der Waals surface area contributed by atoms with Gasteiger partial charge in [-0.1, -0.05) is 32.4 Å². The molecule has 7 rings (SSSR count). The van der Waals surface area contributed by atoms with E-state index in [1.165, 1.54) is 11.3 Å². The number of nitrogens with one attached hydrogen (secondary N) is 3. The molecule has 4 aliphatic rings. The summed E-state index contributed by atoms with van der Waals surface area (Å²) in [5, 5.41) is 8.97. The third-order valence-corrected chi connectivity index (χ3v) is 13.6. The average Bonchev–Trinajstić information content (AvgIpc) is 3.98. The Kier molecular flexibility index (Phi) is 10.1. The second-order valence-electron chi connectivity index (χ2n) is 15.0. The zero-order valence-corrected chi connectivity index (χ0v) is 31.7. The van der Waals surface area contributed by atoms with Crippen molar-refractivity contribution in [3.63, 3.8) is 0 Å². The summed E-state index contributed by atoms with van der Waals surface area (Å²) in [7, 11) is -2.21. The van der Waals surface area contributed by atoms with Crippen LogP contribution in [0.15, 0.2) is 35.7 Å². The normalized spacial score (nSPS) is 27.4. The van der Waals surface area contributed by atoms with Crippen molar-refractivity contribution in [2.45, 2.75) is 101 Å². The number of thiazole rings is 1. The first-order chi connectivity index (χ1) is 24.9. The van der Waals surface area contributed by atoms with Crippen LogP contribution in [0.3, 0.4) is 0 Å². The molecular formula is C38H47N5O7S2. The van der Waals surface area contributed by atoms with Crippen LogP contribution in [0.5, 0.6) is 11.5 Å². The van der Waals surface area contributed by atoms with Crippen LogP contribution < -0.4 is 24.8 Å². The highest BCUT2D eigenvalue weighted by Gasteiger charge is 2.62. The minimum absolute atomic E-state index is 0.228. The summed E-state index contributed by atoms with van der Waals surface area (Å²) in [5.74, 6) is -1.75. The van der Waals surface area contributed by atoms with Crippen LogP contribution in [0.1, 0.15) is 88.8 Å². The predicted molar refractivity (Wildman–Crippen MR) is 199 cm³/mol. The topological polar surface area (TPSA) is 166 Å². The highest BCUT2D eigenvalue weighted by atomic mass is 32.2. The first kappa shape index (κ1) is 36.3. The van der Waals surface area contributed by atoms with Crippen LogP contribution in [0, 0.1) is 24.7 Å². The van der Waals surface area contributed by atoms with Crippen molar-refractivity contribution in [1.29, 1.82) is 0 Å². The van der Waals surface area contributed by atoms with E-state index in [1.54, 1.807) is 7.11 Å². The monoisotopic (exact) mass is 749 g/mol. The van der Waals surface area contributed by atoms with Gasteiger partial charge in [0.1, 0.15) is 33.8 Å². The molecule has 0 spiro atoms. The number of ether oxygens (including phenoxy) is 2. The van der Waals surface area contributed by atoms with E-state index < -0.39 is 50.6 Å². The summed E-state index contributed by atoms with van der Waals surface area (Å²) in [5.41, 5.74) is 1.78. The number of aryl methyl sites for hydroxylation is 1. The van der Waals surface area contributed by atoms with Crippen molar-refractivity contribution < 1.29 is 32.3 Å². The first-order valence-corrected chi connectivity index (χ1v) is 20.8. The van der Waals surface area contributed by atoms with Gasteiger partial charge in [0.15, 0.2) is 0 Å². The number of sulfonamides is 1. The van der Waals surface area contributed by atoms with Gasteiger partial charge in [-0.05, 0) is 76.3 Å². The standard InChI is InChI=1S/C38H47N5O7S2/c1-21(2)30-20-51-36(41-30)29-18-32(26-13-14-31(49-4)22(3)33(26)40-29)50-24-16-27-28(17-24)35(45)42-38(37(46)43-52(47,48)25-11-12-25)19-23(38)10-8-6-5-7-9-15-39-34(27)44/h8,10,13-14,18,20-21,23-25,27-28H,5-7,9,11-12,15-17,19H2,1-4H3,(H,39,44)(H,42,45)(H,43,46)/b10-8-/t23-,24+,27?,28-,38+/m1/s1. The Morgan fingerprint density at radius 1 is 1.06 bits per heavy atom. The third kappa shape index (κ3) is 7.28. The van der Waals surface area contributed by atoms with Crippen LogP contribution in [-0.2, 0) is 24.4 Å². The van der Waals surface area contributed by atoms with Crippen molar-refractivity contribution in [1.82, 2.24) is 25.3 Å². The fourth-order valence-electron chi connectivity index (χ4n) is 7.47. The molecule has 1 aromatic carbocycles. The molecule has 3 fully saturated rings. The molecule has 1 aliphatic heterocycles. The predicted octanol–water partition coefficient (Wildman–Crippen LogP) is 5.30. The molecule has 3 amide bonds. The molecule has 0 saturated heterocycles. The number of amides is 3. The highest BCUT2D eigenvalue weighted by molar-refractivity contribution is 7.91. The molecule has 0 bridgehead atoms. The van der Waals surface area contributed by atoms with E-state index in [0.29, 0.717) is 42.1 Å². The molecule has 0 radical (unpaired) electrons. The molecule has 278 valence electrons. The lowest BCUT2D eigenvalue weighted by molar-refractivity contribution is -0.136. The molecule has 3 aliphatic carbocycles. The van der Waals surface area contributed by atoms with E-state index in [4.69, 9.17) is 19.4 Å². The third-order valence-electron chi connectivity index (χ3n) is 10.9. The average molecular weight is 750 g/mol. The Morgan fingerprint density at radius 2 is 1.83 bits per heavy atom.